The van der Waals surface area contributed by atoms with E-state index in [4.69, 9.17) is 4.74 Å². The van der Waals surface area contributed by atoms with Gasteiger partial charge in [0.25, 0.3) is 0 Å². The van der Waals surface area contributed by atoms with Crippen LogP contribution in [0.25, 0.3) is 6.08 Å². The van der Waals surface area contributed by atoms with Gasteiger partial charge in [0, 0.05) is 0 Å². The van der Waals surface area contributed by atoms with Crippen molar-refractivity contribution in [1.82, 2.24) is 0 Å². The zero-order chi connectivity index (χ0) is 20.3. The predicted molar refractivity (Wildman–Crippen MR) is 119 cm³/mol. The van der Waals surface area contributed by atoms with E-state index in [1.165, 1.54) is 0 Å². The SMILES string of the molecule is Cc1ccc(OCc2ccccc2)c(C(=O)/C=C/c2ccc[cH-]2)c1.[Fe+2].c1cc[cH-]c1. The number of benzene rings is 2. The van der Waals surface area contributed by atoms with Crippen LogP contribution < -0.4 is 4.74 Å². The molecule has 0 radical (unpaired) electrons. The molecule has 4 aromatic carbocycles. The van der Waals surface area contributed by atoms with Crippen LogP contribution in [0.5, 0.6) is 5.75 Å². The topological polar surface area (TPSA) is 26.3 Å². The Morgan fingerprint density at radius 1 is 0.933 bits per heavy atom. The molecule has 0 atom stereocenters. The first-order valence-electron chi connectivity index (χ1n) is 9.60. The third-order valence-corrected chi connectivity index (χ3v) is 4.31. The summed E-state index contributed by atoms with van der Waals surface area (Å²) in [5, 5.41) is 0. The van der Waals surface area contributed by atoms with Gasteiger partial charge in [-0.15, -0.1) is 12.1 Å². The van der Waals surface area contributed by atoms with Crippen molar-refractivity contribution in [3.8, 4) is 5.75 Å². The second kappa shape index (κ2) is 12.4. The van der Waals surface area contributed by atoms with Crippen molar-refractivity contribution in [1.29, 1.82) is 0 Å². The zero-order valence-corrected chi connectivity index (χ0v) is 18.0. The Balaban J connectivity index is 0.000000468. The number of ketones is 1. The molecule has 0 N–H and O–H groups in total. The molecule has 0 aliphatic carbocycles. The van der Waals surface area contributed by atoms with Gasteiger partial charge < -0.3 is 4.74 Å². The van der Waals surface area contributed by atoms with Gasteiger partial charge in [0.1, 0.15) is 12.4 Å². The summed E-state index contributed by atoms with van der Waals surface area (Å²) in [5.41, 5.74) is 3.72. The molecule has 0 saturated carbocycles. The number of hydrogen-bond acceptors (Lipinski definition) is 2. The number of aryl methyl sites for hydroxylation is 1. The monoisotopic (exact) mass is 436 g/mol. The van der Waals surface area contributed by atoms with Crippen LogP contribution in [-0.4, -0.2) is 5.78 Å². The molecule has 0 bridgehead atoms. The van der Waals surface area contributed by atoms with Gasteiger partial charge in [0.05, 0.1) is 5.56 Å². The van der Waals surface area contributed by atoms with Crippen LogP contribution in [-0.2, 0) is 23.7 Å². The third-order valence-electron chi connectivity index (χ3n) is 4.31. The van der Waals surface area contributed by atoms with E-state index in [-0.39, 0.29) is 22.9 Å². The van der Waals surface area contributed by atoms with Crippen LogP contribution in [0.1, 0.15) is 27.0 Å². The maximum atomic E-state index is 12.6. The van der Waals surface area contributed by atoms with Crippen molar-refractivity contribution < 1.29 is 26.6 Å². The zero-order valence-electron chi connectivity index (χ0n) is 16.8. The number of hydrogen-bond donors (Lipinski definition) is 0. The molecule has 30 heavy (non-hydrogen) atoms. The van der Waals surface area contributed by atoms with E-state index in [0.29, 0.717) is 17.9 Å². The Hall–Kier alpha value is -3.13. The fourth-order valence-corrected chi connectivity index (χ4v) is 2.78. The summed E-state index contributed by atoms with van der Waals surface area (Å²) < 4.78 is 5.88. The van der Waals surface area contributed by atoms with E-state index >= 15 is 0 Å². The van der Waals surface area contributed by atoms with Crippen LogP contribution in [0.3, 0.4) is 0 Å². The van der Waals surface area contributed by atoms with E-state index in [1.54, 1.807) is 6.08 Å². The summed E-state index contributed by atoms with van der Waals surface area (Å²) in [4.78, 5) is 12.6. The fourth-order valence-electron chi connectivity index (χ4n) is 2.78. The minimum atomic E-state index is -0.0528. The molecule has 0 fully saturated rings. The smallest absolute Gasteiger partial charge is 0.488 e. The minimum Gasteiger partial charge on any atom is -0.488 e. The number of allylic oxidation sites excluding steroid dienone is 1. The summed E-state index contributed by atoms with van der Waals surface area (Å²) in [5.74, 6) is 0.560. The number of ether oxygens (including phenoxy) is 1. The fraction of sp³-hybridized carbons (Fsp3) is 0.0741. The van der Waals surface area contributed by atoms with Crippen LogP contribution in [0, 0.1) is 6.92 Å². The van der Waals surface area contributed by atoms with Gasteiger partial charge in [-0.1, -0.05) is 48.0 Å². The summed E-state index contributed by atoms with van der Waals surface area (Å²) >= 11 is 0. The molecule has 0 aliphatic heterocycles. The second-order valence-corrected chi connectivity index (χ2v) is 6.65. The molecule has 0 unspecified atom stereocenters. The summed E-state index contributed by atoms with van der Waals surface area (Å²) in [7, 11) is 0. The van der Waals surface area contributed by atoms with Crippen LogP contribution >= 0.6 is 0 Å². The maximum Gasteiger partial charge on any atom is 2.00 e. The molecule has 4 aromatic rings. The Bertz CT molecular complexity index is 997. The van der Waals surface area contributed by atoms with Gasteiger partial charge in [0.2, 0.25) is 0 Å². The molecule has 0 amide bonds. The summed E-state index contributed by atoms with van der Waals surface area (Å²) in [6, 6.07) is 33.5. The predicted octanol–water partition coefficient (Wildman–Crippen LogP) is 6.59. The quantitative estimate of drug-likeness (QED) is 0.148. The number of carbonyl (C=O) groups is 1. The molecule has 0 aromatic heterocycles. The third kappa shape index (κ3) is 7.36. The molecule has 2 nitrogen and oxygen atoms in total. The maximum absolute atomic E-state index is 12.6. The Labute approximate surface area is 189 Å². The van der Waals surface area contributed by atoms with E-state index in [1.807, 2.05) is 116 Å². The first-order valence-corrected chi connectivity index (χ1v) is 9.60. The average Bonchev–Trinajstić information content (AvgIpc) is 3.48. The van der Waals surface area contributed by atoms with Crippen molar-refractivity contribution >= 4 is 11.9 Å². The molecule has 152 valence electrons. The van der Waals surface area contributed by atoms with Crippen molar-refractivity contribution in [2.24, 2.45) is 0 Å². The van der Waals surface area contributed by atoms with E-state index in [0.717, 1.165) is 16.7 Å². The first kappa shape index (κ1) is 23.2. The Morgan fingerprint density at radius 3 is 2.33 bits per heavy atom. The standard InChI is InChI=1S/C22H19O2.C5H5.Fe/c1-17-11-14-22(24-16-19-9-3-2-4-10-19)20(15-17)21(23)13-12-18-7-5-6-8-18;1-2-4-5-3-1;/h2-15H,16H2,1H3;1-5H;/q2*-1;+2/b13-12+;;. The average molecular weight is 436 g/mol. The van der Waals surface area contributed by atoms with Crippen molar-refractivity contribution in [2.75, 3.05) is 0 Å². The van der Waals surface area contributed by atoms with Gasteiger partial charge in [-0.3, -0.25) is 4.79 Å². The van der Waals surface area contributed by atoms with Crippen molar-refractivity contribution in [3.05, 3.63) is 131 Å². The molecule has 0 heterocycles. The summed E-state index contributed by atoms with van der Waals surface area (Å²) in [6.45, 7) is 2.41. The van der Waals surface area contributed by atoms with Crippen molar-refractivity contribution in [3.63, 3.8) is 0 Å². The van der Waals surface area contributed by atoms with E-state index < -0.39 is 0 Å². The van der Waals surface area contributed by atoms with Gasteiger partial charge in [0.15, 0.2) is 5.78 Å². The van der Waals surface area contributed by atoms with Crippen LogP contribution in [0.2, 0.25) is 0 Å². The molecular weight excluding hydrogens is 412 g/mol. The molecule has 0 aliphatic rings. The largest absolute Gasteiger partial charge is 2.00 e. The van der Waals surface area contributed by atoms with Gasteiger partial charge in [-0.2, -0.15) is 42.0 Å². The molecule has 0 saturated heterocycles. The Kier molecular flexibility index (Phi) is 9.60. The molecule has 0 spiro atoms. The van der Waals surface area contributed by atoms with Gasteiger partial charge in [-0.05, 0) is 24.6 Å². The number of carbonyl (C=O) groups excluding carboxylic acids is 1. The molecular formula is C27H24FeO2. The number of rotatable bonds is 6. The molecule has 4 rings (SSSR count). The van der Waals surface area contributed by atoms with Gasteiger partial charge >= 0.3 is 17.1 Å². The van der Waals surface area contributed by atoms with Crippen LogP contribution in [0.15, 0.2) is 109 Å². The van der Waals surface area contributed by atoms with Crippen molar-refractivity contribution in [2.45, 2.75) is 13.5 Å². The minimum absolute atomic E-state index is 0. The summed E-state index contributed by atoms with van der Waals surface area (Å²) in [6.07, 6.45) is 3.42. The van der Waals surface area contributed by atoms with E-state index in [2.05, 4.69) is 0 Å². The first-order chi connectivity index (χ1) is 14.2. The van der Waals surface area contributed by atoms with Gasteiger partial charge in [-0.25, -0.2) is 12.1 Å². The molecule has 3 heteroatoms. The normalized spacial score (nSPS) is 10.0. The van der Waals surface area contributed by atoms with Crippen LogP contribution in [0.4, 0.5) is 0 Å². The second-order valence-electron chi connectivity index (χ2n) is 6.65. The Morgan fingerprint density at radius 2 is 1.70 bits per heavy atom. The van der Waals surface area contributed by atoms with E-state index in [9.17, 15) is 4.79 Å².